The number of anilines is 1. The number of nitro benzene ring substituents is 1. The van der Waals surface area contributed by atoms with Gasteiger partial charge in [-0.2, -0.15) is 0 Å². The second-order valence-electron chi connectivity index (χ2n) is 7.27. The number of aromatic nitrogens is 2. The Balaban J connectivity index is 1.68. The average molecular weight is 410 g/mol. The van der Waals surface area contributed by atoms with Gasteiger partial charge in [0.1, 0.15) is 5.01 Å². The van der Waals surface area contributed by atoms with Crippen molar-refractivity contribution in [3.8, 4) is 10.6 Å². The molecule has 0 saturated heterocycles. The fourth-order valence-corrected chi connectivity index (χ4v) is 3.66. The summed E-state index contributed by atoms with van der Waals surface area (Å²) in [5, 5.41) is 22.6. The molecule has 0 fully saturated rings. The van der Waals surface area contributed by atoms with Gasteiger partial charge in [0.25, 0.3) is 5.69 Å². The predicted octanol–water partition coefficient (Wildman–Crippen LogP) is 5.05. The van der Waals surface area contributed by atoms with Crippen LogP contribution in [0.1, 0.15) is 37.8 Å². The first-order valence-electron chi connectivity index (χ1n) is 9.31. The summed E-state index contributed by atoms with van der Waals surface area (Å²) in [6.07, 6.45) is 1.01. The van der Waals surface area contributed by atoms with Gasteiger partial charge in [-0.1, -0.05) is 61.6 Å². The first-order chi connectivity index (χ1) is 13.8. The lowest BCUT2D eigenvalue weighted by molar-refractivity contribution is -0.384. The summed E-state index contributed by atoms with van der Waals surface area (Å²) in [5.74, 6) is 0.0656. The second-order valence-corrected chi connectivity index (χ2v) is 8.25. The minimum atomic E-state index is -0.457. The summed E-state index contributed by atoms with van der Waals surface area (Å²) in [6.45, 7) is 6.19. The van der Waals surface area contributed by atoms with E-state index in [1.54, 1.807) is 12.1 Å². The number of carbonyl (C=O) groups excluding carboxylic acids is 1. The number of amides is 1. The van der Waals surface area contributed by atoms with Gasteiger partial charge in [-0.3, -0.25) is 20.2 Å². The van der Waals surface area contributed by atoms with E-state index in [0.717, 1.165) is 12.0 Å². The Morgan fingerprint density at radius 1 is 1.14 bits per heavy atom. The fraction of sp³-hybridized carbons (Fsp3) is 0.286. The topological polar surface area (TPSA) is 98.0 Å². The lowest BCUT2D eigenvalue weighted by atomic mass is 9.96. The van der Waals surface area contributed by atoms with Crippen LogP contribution in [0.4, 0.5) is 10.8 Å². The van der Waals surface area contributed by atoms with Crippen LogP contribution >= 0.6 is 11.3 Å². The molecule has 3 rings (SSSR count). The lowest BCUT2D eigenvalue weighted by Gasteiger charge is -2.12. The fourth-order valence-electron chi connectivity index (χ4n) is 2.92. The van der Waals surface area contributed by atoms with E-state index in [-0.39, 0.29) is 17.5 Å². The smallest absolute Gasteiger partial charge is 0.270 e. The zero-order valence-corrected chi connectivity index (χ0v) is 17.3. The summed E-state index contributed by atoms with van der Waals surface area (Å²) in [6, 6.07) is 14.3. The minimum Gasteiger partial charge on any atom is -0.300 e. The first kappa shape index (κ1) is 20.6. The van der Waals surface area contributed by atoms with Crippen LogP contribution in [0.5, 0.6) is 0 Å². The van der Waals surface area contributed by atoms with Crippen LogP contribution in [0, 0.1) is 16.0 Å². The molecule has 150 valence electrons. The third-order valence-electron chi connectivity index (χ3n) is 4.48. The Kier molecular flexibility index (Phi) is 6.33. The highest BCUT2D eigenvalue weighted by Gasteiger charge is 2.18. The van der Waals surface area contributed by atoms with E-state index in [4.69, 9.17) is 0 Å². The Morgan fingerprint density at radius 3 is 2.52 bits per heavy atom. The van der Waals surface area contributed by atoms with E-state index in [0.29, 0.717) is 21.6 Å². The molecule has 0 aliphatic rings. The molecule has 8 heteroatoms. The molecule has 29 heavy (non-hydrogen) atoms. The molecule has 0 saturated carbocycles. The molecule has 0 radical (unpaired) electrons. The summed E-state index contributed by atoms with van der Waals surface area (Å²) >= 11 is 1.18. The number of nitrogens with one attached hydrogen (secondary N) is 1. The van der Waals surface area contributed by atoms with Crippen molar-refractivity contribution in [2.24, 2.45) is 5.92 Å². The average Bonchev–Trinajstić information content (AvgIpc) is 3.16. The number of hydrogen-bond donors (Lipinski definition) is 1. The van der Waals surface area contributed by atoms with Gasteiger partial charge in [0.15, 0.2) is 0 Å². The van der Waals surface area contributed by atoms with Gasteiger partial charge in [0, 0.05) is 17.7 Å². The zero-order chi connectivity index (χ0) is 21.0. The largest absolute Gasteiger partial charge is 0.300 e. The molecule has 1 N–H and O–H groups in total. The summed E-state index contributed by atoms with van der Waals surface area (Å²) in [5.41, 5.74) is 2.75. The molecular formula is C21H22N4O3S. The number of carbonyl (C=O) groups is 1. The van der Waals surface area contributed by atoms with Gasteiger partial charge < -0.3 is 0 Å². The third kappa shape index (κ3) is 5.23. The highest BCUT2D eigenvalue weighted by Crippen LogP contribution is 2.29. The van der Waals surface area contributed by atoms with Gasteiger partial charge in [0.05, 0.1) is 10.8 Å². The van der Waals surface area contributed by atoms with Crippen LogP contribution < -0.4 is 5.32 Å². The van der Waals surface area contributed by atoms with Gasteiger partial charge in [-0.15, -0.1) is 10.2 Å². The van der Waals surface area contributed by atoms with E-state index in [1.165, 1.54) is 29.0 Å². The van der Waals surface area contributed by atoms with Crippen LogP contribution in [0.2, 0.25) is 0 Å². The summed E-state index contributed by atoms with van der Waals surface area (Å²) < 4.78 is 0. The Morgan fingerprint density at radius 2 is 1.86 bits per heavy atom. The first-order valence-corrected chi connectivity index (χ1v) is 10.1. The standard InChI is InChI=1S/C21H22N4O3S/c1-13(2)11-15-7-9-16(10-8-15)14(3)19(26)22-21-24-23-20(29-21)17-5-4-6-18(12-17)25(27)28/h4-10,12-14H,11H2,1-3H3,(H,22,24,26). The third-order valence-corrected chi connectivity index (χ3v) is 5.36. The number of rotatable bonds is 7. The summed E-state index contributed by atoms with van der Waals surface area (Å²) in [7, 11) is 0. The predicted molar refractivity (Wildman–Crippen MR) is 114 cm³/mol. The van der Waals surface area contributed by atoms with Gasteiger partial charge in [-0.05, 0) is 30.4 Å². The SMILES string of the molecule is CC(C)Cc1ccc(C(C)C(=O)Nc2nnc(-c3cccc([N+](=O)[O-])c3)s2)cc1. The maximum Gasteiger partial charge on any atom is 0.270 e. The van der Waals surface area contributed by atoms with Gasteiger partial charge in [0.2, 0.25) is 11.0 Å². The molecule has 0 aliphatic heterocycles. The molecule has 0 spiro atoms. The van der Waals surface area contributed by atoms with Crippen molar-refractivity contribution in [2.45, 2.75) is 33.1 Å². The molecule has 1 amide bonds. The molecule has 1 unspecified atom stereocenters. The quantitative estimate of drug-likeness (QED) is 0.434. The van der Waals surface area contributed by atoms with Gasteiger partial charge >= 0.3 is 0 Å². The van der Waals surface area contributed by atoms with Crippen molar-refractivity contribution in [3.63, 3.8) is 0 Å². The van der Waals surface area contributed by atoms with Crippen molar-refractivity contribution >= 4 is 28.1 Å². The number of hydrogen-bond acceptors (Lipinski definition) is 6. The van der Waals surface area contributed by atoms with Crippen molar-refractivity contribution in [1.29, 1.82) is 0 Å². The molecule has 1 atom stereocenters. The van der Waals surface area contributed by atoms with Crippen LogP contribution in [0.25, 0.3) is 10.6 Å². The lowest BCUT2D eigenvalue weighted by Crippen LogP contribution is -2.18. The highest BCUT2D eigenvalue weighted by molar-refractivity contribution is 7.18. The van der Waals surface area contributed by atoms with Crippen LogP contribution in [0.3, 0.4) is 0 Å². The van der Waals surface area contributed by atoms with Crippen molar-refractivity contribution in [1.82, 2.24) is 10.2 Å². The van der Waals surface area contributed by atoms with E-state index in [9.17, 15) is 14.9 Å². The number of nitrogens with zero attached hydrogens (tertiary/aromatic N) is 3. The van der Waals surface area contributed by atoms with Crippen LogP contribution in [-0.2, 0) is 11.2 Å². The normalized spacial score (nSPS) is 12.0. The maximum absolute atomic E-state index is 12.6. The Bertz CT molecular complexity index is 1010. The second kappa shape index (κ2) is 8.91. The molecule has 1 heterocycles. The van der Waals surface area contributed by atoms with E-state index < -0.39 is 4.92 Å². The molecule has 2 aromatic carbocycles. The molecule has 7 nitrogen and oxygen atoms in total. The molecule has 0 bridgehead atoms. The van der Waals surface area contributed by atoms with Gasteiger partial charge in [-0.25, -0.2) is 0 Å². The van der Waals surface area contributed by atoms with Crippen molar-refractivity contribution in [2.75, 3.05) is 5.32 Å². The molecule has 3 aromatic rings. The van der Waals surface area contributed by atoms with Crippen molar-refractivity contribution in [3.05, 3.63) is 69.8 Å². The molecule has 1 aromatic heterocycles. The van der Waals surface area contributed by atoms with Crippen LogP contribution in [-0.4, -0.2) is 21.0 Å². The number of benzene rings is 2. The molecule has 0 aliphatic carbocycles. The Hall–Kier alpha value is -3.13. The molecular weight excluding hydrogens is 388 g/mol. The van der Waals surface area contributed by atoms with E-state index in [1.807, 2.05) is 19.1 Å². The minimum absolute atomic E-state index is 0.0159. The highest BCUT2D eigenvalue weighted by atomic mass is 32.1. The number of nitro groups is 1. The van der Waals surface area contributed by atoms with Crippen LogP contribution in [0.15, 0.2) is 48.5 Å². The Labute approximate surface area is 173 Å². The van der Waals surface area contributed by atoms with Crippen molar-refractivity contribution < 1.29 is 9.72 Å². The van der Waals surface area contributed by atoms with E-state index in [2.05, 4.69) is 41.5 Å². The van der Waals surface area contributed by atoms with E-state index >= 15 is 0 Å². The summed E-state index contributed by atoms with van der Waals surface area (Å²) in [4.78, 5) is 23.1. The maximum atomic E-state index is 12.6. The number of non-ortho nitro benzene ring substituents is 1. The monoisotopic (exact) mass is 410 g/mol. The zero-order valence-electron chi connectivity index (χ0n) is 16.5.